The van der Waals surface area contributed by atoms with Crippen molar-refractivity contribution >= 4 is 0 Å². The van der Waals surface area contributed by atoms with Crippen LogP contribution in [-0.4, -0.2) is 4.98 Å². The first kappa shape index (κ1) is 6.82. The fraction of sp³-hybridized carbons (Fsp3) is 0.111. The summed E-state index contributed by atoms with van der Waals surface area (Å²) in [6.07, 6.45) is 5.37. The quantitative estimate of drug-likeness (QED) is 0.527. The molecule has 0 saturated heterocycles. The molecule has 1 aromatic rings. The smallest absolute Gasteiger partial charge is 0.0646 e. The van der Waals surface area contributed by atoms with Gasteiger partial charge in [0.2, 0.25) is 0 Å². The van der Waals surface area contributed by atoms with Gasteiger partial charge in [-0.3, -0.25) is 4.98 Å². The van der Waals surface area contributed by atoms with E-state index >= 15 is 0 Å². The van der Waals surface area contributed by atoms with Crippen LogP contribution in [0.15, 0.2) is 24.5 Å². The average Bonchev–Trinajstić information content (AvgIpc) is 2.03. The summed E-state index contributed by atoms with van der Waals surface area (Å²) in [5.74, 6) is 5.63. The topological polar surface area (TPSA) is 12.9 Å². The molecule has 1 radical (unpaired) electrons. The zero-order valence-corrected chi connectivity index (χ0v) is 5.83. The second kappa shape index (κ2) is 3.68. The summed E-state index contributed by atoms with van der Waals surface area (Å²) in [7, 11) is 0. The summed E-state index contributed by atoms with van der Waals surface area (Å²) in [6.45, 7) is 1.81. The van der Waals surface area contributed by atoms with Crippen molar-refractivity contribution in [2.75, 3.05) is 0 Å². The van der Waals surface area contributed by atoms with Gasteiger partial charge < -0.3 is 0 Å². The molecule has 0 amide bonds. The van der Waals surface area contributed by atoms with Gasteiger partial charge in [0, 0.05) is 12.4 Å². The van der Waals surface area contributed by atoms with E-state index in [9.17, 15) is 0 Å². The second-order valence-electron chi connectivity index (χ2n) is 1.83. The molecule has 0 aliphatic heterocycles. The fourth-order valence-corrected chi connectivity index (χ4v) is 0.617. The van der Waals surface area contributed by atoms with Crippen molar-refractivity contribution in [3.8, 4) is 11.8 Å². The van der Waals surface area contributed by atoms with Crippen LogP contribution in [-0.2, 0) is 0 Å². The molecule has 0 aliphatic rings. The van der Waals surface area contributed by atoms with Crippen molar-refractivity contribution < 1.29 is 0 Å². The van der Waals surface area contributed by atoms with Crippen LogP contribution >= 0.6 is 0 Å². The number of hydrogen-bond donors (Lipinski definition) is 0. The van der Waals surface area contributed by atoms with Crippen molar-refractivity contribution in [3.63, 3.8) is 0 Å². The summed E-state index contributed by atoms with van der Waals surface area (Å²) < 4.78 is 0. The Balaban J connectivity index is 2.64. The number of rotatable bonds is 1. The fourth-order valence-electron chi connectivity index (χ4n) is 0.617. The van der Waals surface area contributed by atoms with Gasteiger partial charge in [0.25, 0.3) is 0 Å². The van der Waals surface area contributed by atoms with Gasteiger partial charge in [0.1, 0.15) is 0 Å². The first-order valence-electron chi connectivity index (χ1n) is 3.09. The highest BCUT2D eigenvalue weighted by molar-refractivity contribution is 5.29. The highest BCUT2D eigenvalue weighted by atomic mass is 14.6. The van der Waals surface area contributed by atoms with E-state index in [2.05, 4.69) is 16.8 Å². The monoisotopic (exact) mass is 130 g/mol. The lowest BCUT2D eigenvalue weighted by Crippen LogP contribution is -1.77. The second-order valence-corrected chi connectivity index (χ2v) is 1.83. The Morgan fingerprint density at radius 3 is 3.10 bits per heavy atom. The number of nitrogens with zero attached hydrogens (tertiary/aromatic N) is 1. The predicted molar refractivity (Wildman–Crippen MR) is 41.1 cm³/mol. The van der Waals surface area contributed by atoms with Crippen LogP contribution in [0.4, 0.5) is 0 Å². The molecule has 1 nitrogen and oxygen atoms in total. The van der Waals surface area contributed by atoms with Crippen molar-refractivity contribution in [1.82, 2.24) is 4.98 Å². The van der Waals surface area contributed by atoms with Gasteiger partial charge in [-0.05, 0) is 18.6 Å². The normalized spacial score (nSPS) is 8.10. The first-order valence-corrected chi connectivity index (χ1v) is 3.09. The summed E-state index contributed by atoms with van der Waals surface area (Å²) in [6, 6.07) is 3.86. The largest absolute Gasteiger partial charge is 0.264 e. The van der Waals surface area contributed by atoms with Gasteiger partial charge in [-0.25, -0.2) is 0 Å². The maximum atomic E-state index is 3.94. The van der Waals surface area contributed by atoms with E-state index in [4.69, 9.17) is 0 Å². The lowest BCUT2D eigenvalue weighted by molar-refractivity contribution is 1.29. The molecule has 0 atom stereocenters. The molecule has 1 rings (SSSR count). The van der Waals surface area contributed by atoms with Crippen LogP contribution in [0.2, 0.25) is 0 Å². The van der Waals surface area contributed by atoms with E-state index in [1.54, 1.807) is 12.4 Å². The zero-order valence-electron chi connectivity index (χ0n) is 5.83. The van der Waals surface area contributed by atoms with Gasteiger partial charge in [0.05, 0.1) is 6.42 Å². The van der Waals surface area contributed by atoms with Crippen molar-refractivity contribution in [1.29, 1.82) is 0 Å². The van der Waals surface area contributed by atoms with Gasteiger partial charge in [0.15, 0.2) is 0 Å². The van der Waals surface area contributed by atoms with Crippen molar-refractivity contribution in [2.24, 2.45) is 0 Å². The third-order valence-electron chi connectivity index (χ3n) is 1.07. The molecule has 1 aromatic heterocycles. The molecule has 0 aliphatic carbocycles. The third kappa shape index (κ3) is 1.91. The van der Waals surface area contributed by atoms with Crippen LogP contribution in [0.25, 0.3) is 0 Å². The molecule has 1 heterocycles. The van der Waals surface area contributed by atoms with Crippen molar-refractivity contribution in [2.45, 2.75) is 6.92 Å². The Kier molecular flexibility index (Phi) is 2.51. The molecule has 0 bridgehead atoms. The van der Waals surface area contributed by atoms with Crippen LogP contribution in [0.5, 0.6) is 0 Å². The molecule has 0 aromatic carbocycles. The Hall–Kier alpha value is -1.29. The van der Waals surface area contributed by atoms with Crippen LogP contribution < -0.4 is 0 Å². The minimum atomic E-state index is 1.05. The minimum absolute atomic E-state index is 1.05. The van der Waals surface area contributed by atoms with Gasteiger partial charge in [-0.1, -0.05) is 12.0 Å². The maximum Gasteiger partial charge on any atom is 0.0646 e. The molecule has 10 heavy (non-hydrogen) atoms. The Morgan fingerprint density at radius 2 is 2.50 bits per heavy atom. The number of aromatic nitrogens is 1. The van der Waals surface area contributed by atoms with Crippen LogP contribution in [0, 0.1) is 18.3 Å². The molecular weight excluding hydrogens is 122 g/mol. The minimum Gasteiger partial charge on any atom is -0.264 e. The highest BCUT2D eigenvalue weighted by Gasteiger charge is 1.85. The summed E-state index contributed by atoms with van der Waals surface area (Å²) in [4.78, 5) is 3.94. The average molecular weight is 130 g/mol. The van der Waals surface area contributed by atoms with Crippen LogP contribution in [0.3, 0.4) is 0 Å². The number of hydrogen-bond acceptors (Lipinski definition) is 1. The molecule has 0 spiro atoms. The molecule has 0 fully saturated rings. The third-order valence-corrected chi connectivity index (χ3v) is 1.07. The number of pyridine rings is 1. The SMILES string of the molecule is CC#C[CH]c1cccnc1. The van der Waals surface area contributed by atoms with E-state index in [1.807, 2.05) is 25.5 Å². The van der Waals surface area contributed by atoms with Crippen molar-refractivity contribution in [3.05, 3.63) is 36.5 Å². The van der Waals surface area contributed by atoms with Gasteiger partial charge >= 0.3 is 0 Å². The van der Waals surface area contributed by atoms with Gasteiger partial charge in [-0.2, -0.15) is 0 Å². The van der Waals surface area contributed by atoms with E-state index in [-0.39, 0.29) is 0 Å². The molecule has 0 N–H and O–H groups in total. The predicted octanol–water partition coefficient (Wildman–Crippen LogP) is 1.66. The maximum absolute atomic E-state index is 3.94. The Labute approximate surface area is 61.1 Å². The lowest BCUT2D eigenvalue weighted by Gasteiger charge is -1.88. The van der Waals surface area contributed by atoms with E-state index in [0.29, 0.717) is 0 Å². The Bertz CT molecular complexity index is 240. The summed E-state index contributed by atoms with van der Waals surface area (Å²) >= 11 is 0. The van der Waals surface area contributed by atoms with Gasteiger partial charge in [-0.15, -0.1) is 5.92 Å². The molecule has 0 unspecified atom stereocenters. The van der Waals surface area contributed by atoms with E-state index in [1.165, 1.54) is 0 Å². The molecule has 0 saturated carbocycles. The summed E-state index contributed by atoms with van der Waals surface area (Å²) in [5.41, 5.74) is 1.05. The zero-order chi connectivity index (χ0) is 7.23. The standard InChI is InChI=1S/C9H8N/c1-2-3-5-9-6-4-7-10-8-9/h4-8H,1H3. The highest BCUT2D eigenvalue weighted by Crippen LogP contribution is 1.96. The van der Waals surface area contributed by atoms with E-state index < -0.39 is 0 Å². The van der Waals surface area contributed by atoms with Crippen LogP contribution in [0.1, 0.15) is 12.5 Å². The summed E-state index contributed by atoms with van der Waals surface area (Å²) in [5, 5.41) is 0. The van der Waals surface area contributed by atoms with E-state index in [0.717, 1.165) is 5.56 Å². The lowest BCUT2D eigenvalue weighted by atomic mass is 10.2. The molecule has 1 heteroatoms. The molecule has 49 valence electrons. The first-order chi connectivity index (χ1) is 4.93. The molecular formula is C9H8N. The Morgan fingerprint density at radius 1 is 1.60 bits per heavy atom.